The van der Waals surface area contributed by atoms with E-state index >= 15 is 0 Å². The van der Waals surface area contributed by atoms with Gasteiger partial charge in [-0.15, -0.1) is 0 Å². The molecule has 90 valence electrons. The molecule has 0 aliphatic rings. The maximum Gasteiger partial charge on any atom is 0.420 e. The topological polar surface area (TPSA) is 55.5 Å². The van der Waals surface area contributed by atoms with E-state index in [0.717, 1.165) is 4.47 Å². The van der Waals surface area contributed by atoms with Crippen LogP contribution in [0.2, 0.25) is 0 Å². The number of oxazole rings is 1. The first-order valence-corrected chi connectivity index (χ1v) is 5.77. The van der Waals surface area contributed by atoms with Gasteiger partial charge in [-0.1, -0.05) is 15.9 Å². The van der Waals surface area contributed by atoms with Crippen LogP contribution in [0.25, 0.3) is 11.1 Å². The summed E-state index contributed by atoms with van der Waals surface area (Å²) in [6.07, 6.45) is 0. The van der Waals surface area contributed by atoms with Crippen LogP contribution in [-0.2, 0) is 11.3 Å². The number of hydrogen-bond acceptors (Lipinski definition) is 3. The Morgan fingerprint density at radius 1 is 1.47 bits per heavy atom. The standard InChI is InChI=1S/C11H11BrN2O3/c1-13(2)10(15)6-14-8-4-3-7(12)5-9(8)17-11(14)16/h3-5H,6H2,1-2H3. The Kier molecular flexibility index (Phi) is 3.06. The summed E-state index contributed by atoms with van der Waals surface area (Å²) >= 11 is 3.29. The maximum atomic E-state index is 11.6. The smallest absolute Gasteiger partial charge is 0.408 e. The molecule has 0 aliphatic carbocycles. The zero-order valence-electron chi connectivity index (χ0n) is 9.44. The molecule has 17 heavy (non-hydrogen) atoms. The summed E-state index contributed by atoms with van der Waals surface area (Å²) in [7, 11) is 3.29. The van der Waals surface area contributed by atoms with E-state index in [1.54, 1.807) is 32.3 Å². The number of carbonyl (C=O) groups excluding carboxylic acids is 1. The van der Waals surface area contributed by atoms with E-state index in [4.69, 9.17) is 4.42 Å². The van der Waals surface area contributed by atoms with Crippen LogP contribution in [0.3, 0.4) is 0 Å². The summed E-state index contributed by atoms with van der Waals surface area (Å²) in [6.45, 7) is -0.0134. The van der Waals surface area contributed by atoms with Crippen LogP contribution in [-0.4, -0.2) is 29.5 Å². The lowest BCUT2D eigenvalue weighted by molar-refractivity contribution is -0.129. The zero-order valence-corrected chi connectivity index (χ0v) is 11.0. The fourth-order valence-corrected chi connectivity index (χ4v) is 1.81. The van der Waals surface area contributed by atoms with Gasteiger partial charge in [-0.25, -0.2) is 4.79 Å². The average Bonchev–Trinajstić information content (AvgIpc) is 2.54. The summed E-state index contributed by atoms with van der Waals surface area (Å²) in [4.78, 5) is 24.6. The lowest BCUT2D eigenvalue weighted by atomic mass is 10.3. The van der Waals surface area contributed by atoms with Crippen molar-refractivity contribution >= 4 is 32.9 Å². The number of aromatic nitrogens is 1. The second kappa shape index (κ2) is 4.37. The molecule has 0 unspecified atom stereocenters. The molecule has 0 spiro atoms. The molecule has 0 N–H and O–H groups in total. The predicted molar refractivity (Wildman–Crippen MR) is 66.9 cm³/mol. The molecule has 0 bridgehead atoms. The van der Waals surface area contributed by atoms with Crippen LogP contribution in [0.4, 0.5) is 0 Å². The van der Waals surface area contributed by atoms with Crippen molar-refractivity contribution in [1.82, 2.24) is 9.47 Å². The van der Waals surface area contributed by atoms with Gasteiger partial charge in [-0.2, -0.15) is 0 Å². The summed E-state index contributed by atoms with van der Waals surface area (Å²) in [6, 6.07) is 5.24. The third-order valence-corrected chi connectivity index (χ3v) is 2.92. The quantitative estimate of drug-likeness (QED) is 0.843. The van der Waals surface area contributed by atoms with E-state index in [0.29, 0.717) is 11.1 Å². The van der Waals surface area contributed by atoms with Crippen LogP contribution in [0, 0.1) is 0 Å². The number of benzene rings is 1. The van der Waals surface area contributed by atoms with Gasteiger partial charge in [0.1, 0.15) is 6.54 Å². The molecule has 5 nitrogen and oxygen atoms in total. The van der Waals surface area contributed by atoms with Crippen LogP contribution in [0.5, 0.6) is 0 Å². The van der Waals surface area contributed by atoms with Gasteiger partial charge >= 0.3 is 5.76 Å². The van der Waals surface area contributed by atoms with Gasteiger partial charge < -0.3 is 9.32 Å². The third kappa shape index (κ3) is 2.26. The molecule has 0 saturated carbocycles. The molecule has 2 aromatic rings. The molecule has 1 heterocycles. The molecule has 1 aromatic carbocycles. The average molecular weight is 299 g/mol. The molecular formula is C11H11BrN2O3. The third-order valence-electron chi connectivity index (χ3n) is 2.42. The lowest BCUT2D eigenvalue weighted by Crippen LogP contribution is -2.29. The van der Waals surface area contributed by atoms with Crippen molar-refractivity contribution in [2.45, 2.75) is 6.54 Å². The number of likely N-dealkylation sites (N-methyl/N-ethyl adjacent to an activating group) is 1. The van der Waals surface area contributed by atoms with Crippen molar-refractivity contribution in [2.24, 2.45) is 0 Å². The molecule has 2 rings (SSSR count). The highest BCUT2D eigenvalue weighted by Crippen LogP contribution is 2.18. The molecule has 1 aromatic heterocycles. The first kappa shape index (κ1) is 11.9. The van der Waals surface area contributed by atoms with Gasteiger partial charge in [0.15, 0.2) is 5.58 Å². The Morgan fingerprint density at radius 2 is 2.18 bits per heavy atom. The van der Waals surface area contributed by atoms with Crippen molar-refractivity contribution in [3.63, 3.8) is 0 Å². The zero-order chi connectivity index (χ0) is 12.6. The largest absolute Gasteiger partial charge is 0.420 e. The fraction of sp³-hybridized carbons (Fsp3) is 0.273. The number of rotatable bonds is 2. The van der Waals surface area contributed by atoms with Gasteiger partial charge in [0.2, 0.25) is 5.91 Å². The number of fused-ring (bicyclic) bond motifs is 1. The van der Waals surface area contributed by atoms with Crippen LogP contribution >= 0.6 is 15.9 Å². The molecule has 6 heteroatoms. The number of halogens is 1. The van der Waals surface area contributed by atoms with E-state index in [1.165, 1.54) is 9.47 Å². The Labute approximate surface area is 106 Å². The Bertz CT molecular complexity index is 627. The highest BCUT2D eigenvalue weighted by atomic mass is 79.9. The number of nitrogens with zero attached hydrogens (tertiary/aromatic N) is 2. The van der Waals surface area contributed by atoms with Gasteiger partial charge in [0.05, 0.1) is 5.52 Å². The second-order valence-electron chi connectivity index (χ2n) is 3.85. The molecule has 0 saturated heterocycles. The minimum Gasteiger partial charge on any atom is -0.408 e. The maximum absolute atomic E-state index is 11.6. The van der Waals surface area contributed by atoms with Crippen LogP contribution in [0.1, 0.15) is 0 Å². The predicted octanol–water partition coefficient (Wildman–Crippen LogP) is 1.45. The van der Waals surface area contributed by atoms with Crippen molar-refractivity contribution in [1.29, 1.82) is 0 Å². The van der Waals surface area contributed by atoms with Crippen molar-refractivity contribution in [2.75, 3.05) is 14.1 Å². The molecule has 0 fully saturated rings. The first-order valence-electron chi connectivity index (χ1n) is 4.98. The second-order valence-corrected chi connectivity index (χ2v) is 4.77. The lowest BCUT2D eigenvalue weighted by Gasteiger charge is -2.09. The SMILES string of the molecule is CN(C)C(=O)Cn1c(=O)oc2cc(Br)ccc21. The van der Waals surface area contributed by atoms with E-state index in [1.807, 2.05) is 0 Å². The van der Waals surface area contributed by atoms with Crippen LogP contribution < -0.4 is 5.76 Å². The van der Waals surface area contributed by atoms with E-state index in [-0.39, 0.29) is 12.5 Å². The Balaban J connectivity index is 2.50. The van der Waals surface area contributed by atoms with Gasteiger partial charge in [-0.3, -0.25) is 9.36 Å². The van der Waals surface area contributed by atoms with E-state index in [2.05, 4.69) is 15.9 Å². The minimum absolute atomic E-state index is 0.0134. The van der Waals surface area contributed by atoms with E-state index < -0.39 is 5.76 Å². The minimum atomic E-state index is -0.520. The Morgan fingerprint density at radius 3 is 2.82 bits per heavy atom. The monoisotopic (exact) mass is 298 g/mol. The highest BCUT2D eigenvalue weighted by molar-refractivity contribution is 9.10. The summed E-state index contributed by atoms with van der Waals surface area (Å²) < 4.78 is 7.21. The molecule has 1 amide bonds. The van der Waals surface area contributed by atoms with E-state index in [9.17, 15) is 9.59 Å². The Hall–Kier alpha value is -1.56. The fourth-order valence-electron chi connectivity index (χ4n) is 1.47. The van der Waals surface area contributed by atoms with Crippen molar-refractivity contribution in [3.8, 4) is 0 Å². The number of hydrogen-bond donors (Lipinski definition) is 0. The van der Waals surface area contributed by atoms with Gasteiger partial charge in [-0.05, 0) is 18.2 Å². The van der Waals surface area contributed by atoms with Crippen LogP contribution in [0.15, 0.2) is 31.9 Å². The normalized spacial score (nSPS) is 10.8. The van der Waals surface area contributed by atoms with Crippen molar-refractivity contribution < 1.29 is 9.21 Å². The molecule has 0 radical (unpaired) electrons. The molecular weight excluding hydrogens is 288 g/mol. The summed E-state index contributed by atoms with van der Waals surface area (Å²) in [5.41, 5.74) is 1.09. The summed E-state index contributed by atoms with van der Waals surface area (Å²) in [5.74, 6) is -0.675. The number of amides is 1. The number of carbonyl (C=O) groups is 1. The van der Waals surface area contributed by atoms with Gasteiger partial charge in [0, 0.05) is 18.6 Å². The molecule has 0 atom stereocenters. The van der Waals surface area contributed by atoms with Crippen molar-refractivity contribution in [3.05, 3.63) is 33.2 Å². The molecule has 0 aliphatic heterocycles. The van der Waals surface area contributed by atoms with Gasteiger partial charge in [0.25, 0.3) is 0 Å². The summed E-state index contributed by atoms with van der Waals surface area (Å²) in [5, 5.41) is 0. The first-order chi connectivity index (χ1) is 7.99. The highest BCUT2D eigenvalue weighted by Gasteiger charge is 2.13.